The van der Waals surface area contributed by atoms with Crippen LogP contribution in [0.15, 0.2) is 18.2 Å². The Hall–Kier alpha value is -2.09. The first-order chi connectivity index (χ1) is 9.26. The minimum absolute atomic E-state index is 0.0229. The predicted molar refractivity (Wildman–Crippen MR) is 74.3 cm³/mol. The molecule has 0 bridgehead atoms. The summed E-state index contributed by atoms with van der Waals surface area (Å²) in [5, 5.41) is 9.01. The number of aromatic nitrogens is 1. The molecule has 0 unspecified atom stereocenters. The third-order valence-corrected chi connectivity index (χ3v) is 2.88. The van der Waals surface area contributed by atoms with Gasteiger partial charge in [0, 0.05) is 6.07 Å². The fourth-order valence-electron chi connectivity index (χ4n) is 1.29. The van der Waals surface area contributed by atoms with Crippen molar-refractivity contribution in [3.05, 3.63) is 23.9 Å². The van der Waals surface area contributed by atoms with Gasteiger partial charge in [-0.25, -0.2) is 9.78 Å². The van der Waals surface area contributed by atoms with Crippen LogP contribution < -0.4 is 4.74 Å². The number of carbonyl (C=O) groups excluding carboxylic acids is 1. The third kappa shape index (κ3) is 4.23. The minimum Gasteiger partial charge on any atom is -0.475 e. The maximum atomic E-state index is 12.0. The maximum Gasteiger partial charge on any atom is 0.357 e. The molecule has 5 heteroatoms. The molecule has 0 spiro atoms. The molecule has 1 aromatic rings. The first kappa shape index (κ1) is 16.0. The third-order valence-electron chi connectivity index (χ3n) is 2.88. The van der Waals surface area contributed by atoms with Crippen molar-refractivity contribution in [2.24, 2.45) is 5.41 Å². The molecule has 0 aliphatic rings. The van der Waals surface area contributed by atoms with Crippen LogP contribution in [-0.2, 0) is 4.74 Å². The van der Waals surface area contributed by atoms with E-state index in [0.717, 1.165) is 0 Å². The second-order valence-corrected chi connectivity index (χ2v) is 5.41. The van der Waals surface area contributed by atoms with E-state index in [1.54, 1.807) is 39.0 Å². The van der Waals surface area contributed by atoms with Gasteiger partial charge in [-0.15, -0.1) is 0 Å². The molecule has 1 aromatic heterocycles. The van der Waals surface area contributed by atoms with Crippen molar-refractivity contribution in [1.82, 2.24) is 4.98 Å². The summed E-state index contributed by atoms with van der Waals surface area (Å²) in [7, 11) is 0. The molecule has 0 radical (unpaired) electrons. The number of nitrogens with zero attached hydrogens (tertiary/aromatic N) is 2. The average Bonchev–Trinajstić information content (AvgIpc) is 2.38. The highest BCUT2D eigenvalue weighted by molar-refractivity contribution is 5.87. The van der Waals surface area contributed by atoms with Crippen molar-refractivity contribution in [2.75, 3.05) is 0 Å². The van der Waals surface area contributed by atoms with Crippen LogP contribution in [0.2, 0.25) is 0 Å². The normalized spacial score (nSPS) is 12.7. The summed E-state index contributed by atoms with van der Waals surface area (Å²) in [6, 6.07) is 7.03. The Balaban J connectivity index is 2.81. The van der Waals surface area contributed by atoms with Gasteiger partial charge in [-0.1, -0.05) is 6.07 Å². The molecule has 0 saturated carbocycles. The smallest absolute Gasteiger partial charge is 0.357 e. The highest BCUT2D eigenvalue weighted by atomic mass is 16.5. The molecule has 5 nitrogen and oxygen atoms in total. The summed E-state index contributed by atoms with van der Waals surface area (Å²) in [5.74, 6) is -0.184. The Morgan fingerprint density at radius 1 is 1.35 bits per heavy atom. The quantitative estimate of drug-likeness (QED) is 0.773. The van der Waals surface area contributed by atoms with E-state index in [1.165, 1.54) is 0 Å². The Kier molecular flexibility index (Phi) is 5.09. The van der Waals surface area contributed by atoms with Crippen molar-refractivity contribution < 1.29 is 14.3 Å². The molecule has 0 fully saturated rings. The van der Waals surface area contributed by atoms with Crippen LogP contribution in [0, 0.1) is 16.7 Å². The summed E-state index contributed by atoms with van der Waals surface area (Å²) in [4.78, 5) is 16.1. The molecule has 0 aromatic carbocycles. The van der Waals surface area contributed by atoms with E-state index in [1.807, 2.05) is 13.8 Å². The van der Waals surface area contributed by atoms with Crippen LogP contribution in [0.5, 0.6) is 5.88 Å². The van der Waals surface area contributed by atoms with Gasteiger partial charge in [0.15, 0.2) is 5.69 Å². The number of pyridine rings is 1. The fraction of sp³-hybridized carbons (Fsp3) is 0.533. The lowest BCUT2D eigenvalue weighted by Crippen LogP contribution is -2.30. The second kappa shape index (κ2) is 6.38. The van der Waals surface area contributed by atoms with Crippen LogP contribution in [-0.4, -0.2) is 23.2 Å². The highest BCUT2D eigenvalue weighted by Crippen LogP contribution is 2.22. The summed E-state index contributed by atoms with van der Waals surface area (Å²) in [6.07, 6.45) is -0.554. The maximum absolute atomic E-state index is 12.0. The zero-order valence-electron chi connectivity index (χ0n) is 12.5. The first-order valence-corrected chi connectivity index (χ1v) is 6.52. The molecule has 0 aliphatic heterocycles. The molecule has 0 aliphatic carbocycles. The van der Waals surface area contributed by atoms with E-state index in [9.17, 15) is 4.79 Å². The Labute approximate surface area is 119 Å². The molecule has 0 amide bonds. The molecule has 1 rings (SSSR count). The Bertz CT molecular complexity index is 518. The van der Waals surface area contributed by atoms with Crippen LogP contribution in [0.25, 0.3) is 0 Å². The van der Waals surface area contributed by atoms with Gasteiger partial charge in [-0.2, -0.15) is 5.26 Å². The van der Waals surface area contributed by atoms with Gasteiger partial charge in [-0.05, 0) is 40.7 Å². The Morgan fingerprint density at radius 3 is 2.55 bits per heavy atom. The fourth-order valence-corrected chi connectivity index (χ4v) is 1.29. The minimum atomic E-state index is -0.748. The van der Waals surface area contributed by atoms with Gasteiger partial charge < -0.3 is 9.47 Å². The van der Waals surface area contributed by atoms with Crippen LogP contribution >= 0.6 is 0 Å². The number of nitriles is 1. The summed E-state index contributed by atoms with van der Waals surface area (Å²) in [6.45, 7) is 8.89. The van der Waals surface area contributed by atoms with Crippen molar-refractivity contribution in [1.29, 1.82) is 5.26 Å². The molecule has 1 atom stereocenters. The number of hydrogen-bond donors (Lipinski definition) is 0. The highest BCUT2D eigenvalue weighted by Gasteiger charge is 2.29. The van der Waals surface area contributed by atoms with E-state index in [-0.39, 0.29) is 11.8 Å². The van der Waals surface area contributed by atoms with E-state index < -0.39 is 17.5 Å². The lowest BCUT2D eigenvalue weighted by molar-refractivity contribution is 0.0121. The zero-order chi connectivity index (χ0) is 15.3. The van der Waals surface area contributed by atoms with E-state index in [2.05, 4.69) is 11.1 Å². The van der Waals surface area contributed by atoms with E-state index in [0.29, 0.717) is 5.88 Å². The number of hydrogen-bond acceptors (Lipinski definition) is 5. The van der Waals surface area contributed by atoms with Crippen molar-refractivity contribution in [2.45, 2.75) is 46.8 Å². The van der Waals surface area contributed by atoms with E-state index >= 15 is 0 Å². The van der Waals surface area contributed by atoms with E-state index in [4.69, 9.17) is 14.7 Å². The molecule has 0 saturated heterocycles. The van der Waals surface area contributed by atoms with Crippen molar-refractivity contribution in [3.8, 4) is 11.9 Å². The molecular formula is C15H20N2O3. The number of esters is 1. The molecule has 20 heavy (non-hydrogen) atoms. The SMILES string of the molecule is CC(C)Oc1cccc(C(=O)O[C@H](C)C(C)(C)C#N)n1. The monoisotopic (exact) mass is 276 g/mol. The second-order valence-electron chi connectivity index (χ2n) is 5.41. The molecule has 0 N–H and O–H groups in total. The average molecular weight is 276 g/mol. The Morgan fingerprint density at radius 2 is 2.00 bits per heavy atom. The van der Waals surface area contributed by atoms with Gasteiger partial charge in [0.05, 0.1) is 17.6 Å². The summed E-state index contributed by atoms with van der Waals surface area (Å²) < 4.78 is 10.7. The zero-order valence-corrected chi connectivity index (χ0v) is 12.5. The van der Waals surface area contributed by atoms with Crippen molar-refractivity contribution >= 4 is 5.97 Å². The van der Waals surface area contributed by atoms with Crippen molar-refractivity contribution in [3.63, 3.8) is 0 Å². The van der Waals surface area contributed by atoms with Gasteiger partial charge in [-0.3, -0.25) is 0 Å². The van der Waals surface area contributed by atoms with Gasteiger partial charge >= 0.3 is 5.97 Å². The van der Waals surface area contributed by atoms with Crippen LogP contribution in [0.1, 0.15) is 45.1 Å². The van der Waals surface area contributed by atoms with Crippen LogP contribution in [0.3, 0.4) is 0 Å². The number of ether oxygens (including phenoxy) is 2. The molecule has 108 valence electrons. The van der Waals surface area contributed by atoms with Gasteiger partial charge in [0.1, 0.15) is 6.10 Å². The first-order valence-electron chi connectivity index (χ1n) is 6.52. The number of rotatable bonds is 5. The standard InChI is InChI=1S/C15H20N2O3/c1-10(2)19-13-8-6-7-12(17-13)14(18)20-11(3)15(4,5)9-16/h6-8,10-11H,1-5H3/t11-/m1/s1. The topological polar surface area (TPSA) is 72.2 Å². The largest absolute Gasteiger partial charge is 0.475 e. The lowest BCUT2D eigenvalue weighted by Gasteiger charge is -2.23. The molecule has 1 heterocycles. The van der Waals surface area contributed by atoms with Gasteiger partial charge in [0.2, 0.25) is 5.88 Å². The van der Waals surface area contributed by atoms with Gasteiger partial charge in [0.25, 0.3) is 0 Å². The number of carbonyl (C=O) groups is 1. The summed E-state index contributed by atoms with van der Waals surface area (Å²) >= 11 is 0. The summed E-state index contributed by atoms with van der Waals surface area (Å²) in [5.41, 5.74) is -0.578. The lowest BCUT2D eigenvalue weighted by atomic mass is 9.89. The predicted octanol–water partition coefficient (Wildman–Crippen LogP) is 2.96. The van der Waals surface area contributed by atoms with Crippen LogP contribution in [0.4, 0.5) is 0 Å². The molecular weight excluding hydrogens is 256 g/mol.